The van der Waals surface area contributed by atoms with Gasteiger partial charge in [0, 0.05) is 12.1 Å². The molecule has 2 heteroatoms. The molecule has 14 heavy (non-hydrogen) atoms. The highest BCUT2D eigenvalue weighted by molar-refractivity contribution is 5.95. The first-order chi connectivity index (χ1) is 6.51. The Kier molecular flexibility index (Phi) is 3.35. The summed E-state index contributed by atoms with van der Waals surface area (Å²) >= 11 is 0. The molecule has 0 aliphatic carbocycles. The molecule has 80 valence electrons. The van der Waals surface area contributed by atoms with Crippen molar-refractivity contribution in [1.29, 1.82) is 5.41 Å². The molecule has 0 aromatic heterocycles. The third-order valence-corrected chi connectivity index (χ3v) is 3.21. The van der Waals surface area contributed by atoms with Crippen molar-refractivity contribution in [3.63, 3.8) is 0 Å². The van der Waals surface area contributed by atoms with Gasteiger partial charge in [0.05, 0.1) is 0 Å². The lowest BCUT2D eigenvalue weighted by atomic mass is 9.92. The molecule has 0 amide bonds. The summed E-state index contributed by atoms with van der Waals surface area (Å²) in [5, 5.41) is 8.00. The van der Waals surface area contributed by atoms with Crippen molar-refractivity contribution in [3.05, 3.63) is 12.2 Å². The molecule has 0 bridgehead atoms. The Morgan fingerprint density at radius 2 is 2.21 bits per heavy atom. The van der Waals surface area contributed by atoms with Gasteiger partial charge in [-0.15, -0.1) is 0 Å². The minimum atomic E-state index is 0.213. The standard InChI is InChI=1S/C12H22N2/c1-5-7-12(4)8-6-9-14(12)11(13)10(2)3/h13H,2,5-9H2,1,3-4H3. The second kappa shape index (κ2) is 4.16. The number of hydrogen-bond donors (Lipinski definition) is 1. The summed E-state index contributed by atoms with van der Waals surface area (Å²) in [5.41, 5.74) is 1.10. The molecule has 1 aliphatic heterocycles. The summed E-state index contributed by atoms with van der Waals surface area (Å²) in [7, 11) is 0. The summed E-state index contributed by atoms with van der Waals surface area (Å²) in [6, 6.07) is 0. The van der Waals surface area contributed by atoms with E-state index in [0.29, 0.717) is 5.84 Å². The Balaban J connectivity index is 2.77. The van der Waals surface area contributed by atoms with E-state index in [9.17, 15) is 0 Å². The molecule has 0 aromatic rings. The van der Waals surface area contributed by atoms with Gasteiger partial charge in [-0.05, 0) is 38.7 Å². The van der Waals surface area contributed by atoms with Crippen LogP contribution in [-0.4, -0.2) is 22.8 Å². The van der Waals surface area contributed by atoms with Crippen LogP contribution in [0.1, 0.15) is 46.5 Å². The number of nitrogens with zero attached hydrogens (tertiary/aromatic N) is 1. The average molecular weight is 194 g/mol. The van der Waals surface area contributed by atoms with E-state index in [2.05, 4.69) is 25.3 Å². The van der Waals surface area contributed by atoms with E-state index >= 15 is 0 Å². The summed E-state index contributed by atoms with van der Waals surface area (Å²) in [5.74, 6) is 0.637. The predicted octanol–water partition coefficient (Wildman–Crippen LogP) is 3.19. The predicted molar refractivity (Wildman–Crippen MR) is 61.8 cm³/mol. The Morgan fingerprint density at radius 1 is 1.57 bits per heavy atom. The lowest BCUT2D eigenvalue weighted by molar-refractivity contribution is 0.234. The fraction of sp³-hybridized carbons (Fsp3) is 0.750. The highest BCUT2D eigenvalue weighted by Crippen LogP contribution is 2.33. The van der Waals surface area contributed by atoms with Crippen molar-refractivity contribution >= 4 is 5.84 Å². The zero-order valence-corrected chi connectivity index (χ0v) is 9.69. The van der Waals surface area contributed by atoms with E-state index in [0.717, 1.165) is 12.1 Å². The van der Waals surface area contributed by atoms with Crippen LogP contribution in [0.25, 0.3) is 0 Å². The number of hydrogen-bond acceptors (Lipinski definition) is 1. The normalized spacial score (nSPS) is 26.6. The maximum atomic E-state index is 8.00. The first kappa shape index (κ1) is 11.3. The Morgan fingerprint density at radius 3 is 2.71 bits per heavy atom. The molecule has 1 heterocycles. The quantitative estimate of drug-likeness (QED) is 0.542. The van der Waals surface area contributed by atoms with E-state index in [4.69, 9.17) is 5.41 Å². The van der Waals surface area contributed by atoms with Gasteiger partial charge in [0.1, 0.15) is 5.84 Å². The van der Waals surface area contributed by atoms with Crippen LogP contribution in [0.3, 0.4) is 0 Å². The van der Waals surface area contributed by atoms with E-state index in [1.807, 2.05) is 6.92 Å². The van der Waals surface area contributed by atoms with Gasteiger partial charge in [-0.1, -0.05) is 19.9 Å². The van der Waals surface area contributed by atoms with Gasteiger partial charge in [-0.25, -0.2) is 0 Å². The van der Waals surface area contributed by atoms with Crippen molar-refractivity contribution in [2.45, 2.75) is 52.0 Å². The number of rotatable bonds is 3. The lowest BCUT2D eigenvalue weighted by Gasteiger charge is -2.37. The largest absolute Gasteiger partial charge is 0.351 e. The number of nitrogens with one attached hydrogen (secondary N) is 1. The van der Waals surface area contributed by atoms with Crippen molar-refractivity contribution in [2.75, 3.05) is 6.54 Å². The number of amidine groups is 1. The van der Waals surface area contributed by atoms with Crippen molar-refractivity contribution in [3.8, 4) is 0 Å². The van der Waals surface area contributed by atoms with Crippen LogP contribution in [0.15, 0.2) is 12.2 Å². The van der Waals surface area contributed by atoms with E-state index in [-0.39, 0.29) is 5.54 Å². The van der Waals surface area contributed by atoms with Crippen LogP contribution in [0, 0.1) is 5.41 Å². The Labute approximate surface area is 87.5 Å². The van der Waals surface area contributed by atoms with E-state index in [1.54, 1.807) is 0 Å². The maximum Gasteiger partial charge on any atom is 0.123 e. The maximum absolute atomic E-state index is 8.00. The van der Waals surface area contributed by atoms with Gasteiger partial charge in [0.25, 0.3) is 0 Å². The zero-order chi connectivity index (χ0) is 10.8. The first-order valence-corrected chi connectivity index (χ1v) is 5.53. The molecule has 0 aromatic carbocycles. The van der Waals surface area contributed by atoms with Crippen molar-refractivity contribution < 1.29 is 0 Å². The smallest absolute Gasteiger partial charge is 0.123 e. The van der Waals surface area contributed by atoms with Crippen molar-refractivity contribution in [1.82, 2.24) is 4.90 Å². The van der Waals surface area contributed by atoms with E-state index in [1.165, 1.54) is 25.7 Å². The molecule has 1 N–H and O–H groups in total. The summed E-state index contributed by atoms with van der Waals surface area (Å²) in [4.78, 5) is 2.23. The third-order valence-electron chi connectivity index (χ3n) is 3.21. The zero-order valence-electron chi connectivity index (χ0n) is 9.69. The van der Waals surface area contributed by atoms with Crippen LogP contribution in [-0.2, 0) is 0 Å². The van der Waals surface area contributed by atoms with Gasteiger partial charge in [-0.2, -0.15) is 0 Å². The SMILES string of the molecule is C=C(C)C(=N)N1CCCC1(C)CCC. The molecule has 0 spiro atoms. The van der Waals surface area contributed by atoms with Crippen LogP contribution in [0.4, 0.5) is 0 Å². The second-order valence-electron chi connectivity index (χ2n) is 4.63. The molecular formula is C12H22N2. The Bertz CT molecular complexity index is 245. The summed E-state index contributed by atoms with van der Waals surface area (Å²) in [6.45, 7) is 11.3. The molecule has 1 unspecified atom stereocenters. The van der Waals surface area contributed by atoms with Crippen LogP contribution in [0.2, 0.25) is 0 Å². The fourth-order valence-electron chi connectivity index (χ4n) is 2.43. The molecule has 0 saturated carbocycles. The van der Waals surface area contributed by atoms with Crippen LogP contribution in [0.5, 0.6) is 0 Å². The van der Waals surface area contributed by atoms with Crippen LogP contribution < -0.4 is 0 Å². The fourth-order valence-corrected chi connectivity index (χ4v) is 2.43. The van der Waals surface area contributed by atoms with Gasteiger partial charge in [-0.3, -0.25) is 5.41 Å². The molecule has 2 nitrogen and oxygen atoms in total. The third kappa shape index (κ3) is 1.99. The molecule has 1 aliphatic rings. The summed E-state index contributed by atoms with van der Waals surface area (Å²) < 4.78 is 0. The Hall–Kier alpha value is -0.790. The highest BCUT2D eigenvalue weighted by Gasteiger charge is 2.36. The van der Waals surface area contributed by atoms with Crippen molar-refractivity contribution in [2.24, 2.45) is 0 Å². The average Bonchev–Trinajstić information content (AvgIpc) is 2.46. The molecular weight excluding hydrogens is 172 g/mol. The molecule has 1 fully saturated rings. The first-order valence-electron chi connectivity index (χ1n) is 5.53. The molecule has 1 rings (SSSR count). The minimum Gasteiger partial charge on any atom is -0.351 e. The van der Waals surface area contributed by atoms with Crippen LogP contribution >= 0.6 is 0 Å². The second-order valence-corrected chi connectivity index (χ2v) is 4.63. The highest BCUT2D eigenvalue weighted by atomic mass is 15.2. The minimum absolute atomic E-state index is 0.213. The number of likely N-dealkylation sites (tertiary alicyclic amines) is 1. The summed E-state index contributed by atoms with van der Waals surface area (Å²) in [6.07, 6.45) is 4.81. The topological polar surface area (TPSA) is 27.1 Å². The van der Waals surface area contributed by atoms with Gasteiger partial charge >= 0.3 is 0 Å². The monoisotopic (exact) mass is 194 g/mol. The van der Waals surface area contributed by atoms with Gasteiger partial charge in [0.2, 0.25) is 0 Å². The van der Waals surface area contributed by atoms with Gasteiger partial charge < -0.3 is 4.90 Å². The molecule has 0 radical (unpaired) electrons. The molecule has 1 saturated heterocycles. The van der Waals surface area contributed by atoms with E-state index < -0.39 is 0 Å². The molecule has 1 atom stereocenters. The van der Waals surface area contributed by atoms with Gasteiger partial charge in [0.15, 0.2) is 0 Å². The lowest BCUT2D eigenvalue weighted by Crippen LogP contribution is -2.44.